The lowest BCUT2D eigenvalue weighted by Gasteiger charge is -2.38. The van der Waals surface area contributed by atoms with Gasteiger partial charge in [0, 0.05) is 32.2 Å². The number of hydrogen-bond acceptors (Lipinski definition) is 6. The Morgan fingerprint density at radius 3 is 2.11 bits per heavy atom. The second-order valence-corrected chi connectivity index (χ2v) is 10.7. The SMILES string of the molecule is CCN(C(=O)[O-])[C@@H](Cc1ccccc1)[C@H](O)CN(CC(C)C)S(=O)(=O)c1ccc(NC(C)=O)cc1. The van der Waals surface area contributed by atoms with E-state index in [2.05, 4.69) is 5.32 Å². The van der Waals surface area contributed by atoms with Crippen molar-refractivity contribution in [1.29, 1.82) is 0 Å². The van der Waals surface area contributed by atoms with Gasteiger partial charge in [-0.3, -0.25) is 4.79 Å². The second kappa shape index (κ2) is 12.7. The number of carbonyl (C=O) groups is 2. The molecular weight excluding hydrogens is 470 g/mol. The first-order valence-electron chi connectivity index (χ1n) is 11.5. The van der Waals surface area contributed by atoms with Crippen molar-refractivity contribution in [3.8, 4) is 0 Å². The molecule has 0 unspecified atom stereocenters. The number of amides is 2. The molecule has 0 saturated heterocycles. The van der Waals surface area contributed by atoms with Gasteiger partial charge in [0.05, 0.1) is 17.0 Å². The molecule has 0 radical (unpaired) electrons. The van der Waals surface area contributed by atoms with Crippen LogP contribution in [-0.4, -0.2) is 66.5 Å². The largest absolute Gasteiger partial charge is 0.530 e. The number of benzene rings is 2. The van der Waals surface area contributed by atoms with Crippen molar-refractivity contribution >= 4 is 27.7 Å². The Labute approximate surface area is 207 Å². The third-order valence-corrected chi connectivity index (χ3v) is 7.33. The molecule has 2 rings (SSSR count). The molecule has 9 nitrogen and oxygen atoms in total. The van der Waals surface area contributed by atoms with Crippen LogP contribution in [0.1, 0.15) is 33.3 Å². The maximum absolute atomic E-state index is 13.5. The lowest BCUT2D eigenvalue weighted by atomic mass is 9.99. The van der Waals surface area contributed by atoms with Gasteiger partial charge in [0.2, 0.25) is 15.9 Å². The topological polar surface area (TPSA) is 130 Å². The number of nitrogens with one attached hydrogen (secondary N) is 1. The van der Waals surface area contributed by atoms with Crippen LogP contribution in [0.4, 0.5) is 10.5 Å². The molecule has 10 heteroatoms. The minimum atomic E-state index is -4.02. The summed E-state index contributed by atoms with van der Waals surface area (Å²) in [7, 11) is -4.02. The highest BCUT2D eigenvalue weighted by atomic mass is 32.2. The van der Waals surface area contributed by atoms with Crippen molar-refractivity contribution in [2.24, 2.45) is 5.92 Å². The fourth-order valence-electron chi connectivity index (χ4n) is 3.88. The summed E-state index contributed by atoms with van der Waals surface area (Å²) in [4.78, 5) is 24.1. The Bertz CT molecular complexity index is 1070. The third-order valence-electron chi connectivity index (χ3n) is 5.48. The average Bonchev–Trinajstić information content (AvgIpc) is 2.78. The van der Waals surface area contributed by atoms with Gasteiger partial charge in [0.15, 0.2) is 0 Å². The lowest BCUT2D eigenvalue weighted by molar-refractivity contribution is -0.269. The van der Waals surface area contributed by atoms with E-state index in [-0.39, 0.29) is 42.8 Å². The van der Waals surface area contributed by atoms with E-state index in [9.17, 15) is 28.2 Å². The second-order valence-electron chi connectivity index (χ2n) is 8.80. The summed E-state index contributed by atoms with van der Waals surface area (Å²) in [5.74, 6) is -0.324. The maximum Gasteiger partial charge on any atom is 0.243 e. The van der Waals surface area contributed by atoms with Crippen molar-refractivity contribution in [3.63, 3.8) is 0 Å². The molecule has 0 aliphatic heterocycles. The first-order valence-corrected chi connectivity index (χ1v) is 13.0. The van der Waals surface area contributed by atoms with Crippen LogP contribution in [0.3, 0.4) is 0 Å². The zero-order chi connectivity index (χ0) is 26.2. The molecule has 2 atom stereocenters. The van der Waals surface area contributed by atoms with Gasteiger partial charge in [-0.25, -0.2) is 8.42 Å². The lowest BCUT2D eigenvalue weighted by Crippen LogP contribution is -2.56. The fraction of sp³-hybridized carbons (Fsp3) is 0.440. The van der Waals surface area contributed by atoms with E-state index >= 15 is 0 Å². The van der Waals surface area contributed by atoms with E-state index in [4.69, 9.17) is 0 Å². The summed E-state index contributed by atoms with van der Waals surface area (Å²) < 4.78 is 28.1. The Hall–Kier alpha value is -2.95. The van der Waals surface area contributed by atoms with Crippen LogP contribution in [0.25, 0.3) is 0 Å². The average molecular weight is 505 g/mol. The molecule has 2 aromatic rings. The van der Waals surface area contributed by atoms with Gasteiger partial charge in [0.25, 0.3) is 0 Å². The number of carboxylic acid groups (broad SMARTS) is 1. The Kier molecular flexibility index (Phi) is 10.2. The number of likely N-dealkylation sites (N-methyl/N-ethyl adjacent to an activating group) is 1. The first-order chi connectivity index (χ1) is 16.4. The van der Waals surface area contributed by atoms with Gasteiger partial charge >= 0.3 is 0 Å². The smallest absolute Gasteiger partial charge is 0.243 e. The van der Waals surface area contributed by atoms with Crippen LogP contribution in [0.15, 0.2) is 59.5 Å². The molecule has 0 aromatic heterocycles. The molecule has 0 saturated carbocycles. The van der Waals surface area contributed by atoms with E-state index in [1.807, 2.05) is 44.2 Å². The molecule has 192 valence electrons. The molecule has 2 amide bonds. The Morgan fingerprint density at radius 1 is 1.03 bits per heavy atom. The van der Waals surface area contributed by atoms with Gasteiger partial charge in [0.1, 0.15) is 6.09 Å². The third kappa shape index (κ3) is 8.05. The Balaban J connectivity index is 2.36. The highest BCUT2D eigenvalue weighted by Gasteiger charge is 2.33. The van der Waals surface area contributed by atoms with Crippen LogP contribution in [0, 0.1) is 5.92 Å². The molecule has 0 aliphatic rings. The minimum absolute atomic E-state index is 0.00584. The molecule has 2 N–H and O–H groups in total. The van der Waals surface area contributed by atoms with Crippen LogP contribution in [0.5, 0.6) is 0 Å². The van der Waals surface area contributed by atoms with Crippen molar-refractivity contribution in [3.05, 3.63) is 60.2 Å². The zero-order valence-electron chi connectivity index (χ0n) is 20.5. The van der Waals surface area contributed by atoms with Crippen LogP contribution in [-0.2, 0) is 21.2 Å². The first kappa shape index (κ1) is 28.3. The highest BCUT2D eigenvalue weighted by Crippen LogP contribution is 2.22. The molecule has 0 aliphatic carbocycles. The van der Waals surface area contributed by atoms with Gasteiger partial charge in [-0.1, -0.05) is 44.2 Å². The number of anilines is 1. The number of rotatable bonds is 12. The number of hydrogen-bond donors (Lipinski definition) is 2. The van der Waals surface area contributed by atoms with E-state index < -0.39 is 28.3 Å². The molecule has 2 aromatic carbocycles. The summed E-state index contributed by atoms with van der Waals surface area (Å²) in [6.07, 6.45) is -2.54. The summed E-state index contributed by atoms with van der Waals surface area (Å²) in [6.45, 7) is 6.62. The summed E-state index contributed by atoms with van der Waals surface area (Å²) in [5.41, 5.74) is 1.27. The normalized spacial score (nSPS) is 13.5. The van der Waals surface area contributed by atoms with Gasteiger partial charge in [-0.15, -0.1) is 0 Å². The summed E-state index contributed by atoms with van der Waals surface area (Å²) in [6, 6.07) is 14.0. The molecule has 35 heavy (non-hydrogen) atoms. The highest BCUT2D eigenvalue weighted by molar-refractivity contribution is 7.89. The predicted octanol–water partition coefficient (Wildman–Crippen LogP) is 1.93. The number of nitrogens with zero attached hydrogens (tertiary/aromatic N) is 2. The quantitative estimate of drug-likeness (QED) is 0.454. The molecule has 0 heterocycles. The van der Waals surface area contributed by atoms with E-state index in [0.29, 0.717) is 5.69 Å². The van der Waals surface area contributed by atoms with E-state index in [0.717, 1.165) is 10.5 Å². The summed E-state index contributed by atoms with van der Waals surface area (Å²) >= 11 is 0. The van der Waals surface area contributed by atoms with Gasteiger partial charge in [-0.05, 0) is 49.1 Å². The number of sulfonamides is 1. The van der Waals surface area contributed by atoms with Crippen molar-refractivity contribution in [2.45, 2.75) is 51.2 Å². The van der Waals surface area contributed by atoms with Gasteiger partial charge < -0.3 is 25.2 Å². The number of carbonyl (C=O) groups excluding carboxylic acids is 2. The molecule has 0 spiro atoms. The Morgan fingerprint density at radius 2 is 1.63 bits per heavy atom. The number of aliphatic hydroxyl groups is 1. The van der Waals surface area contributed by atoms with Crippen molar-refractivity contribution < 1.29 is 28.2 Å². The van der Waals surface area contributed by atoms with E-state index in [1.54, 1.807) is 6.92 Å². The van der Waals surface area contributed by atoms with E-state index in [1.165, 1.54) is 35.5 Å². The van der Waals surface area contributed by atoms with Crippen LogP contribution < -0.4 is 10.4 Å². The predicted molar refractivity (Wildman–Crippen MR) is 132 cm³/mol. The van der Waals surface area contributed by atoms with Crippen LogP contribution >= 0.6 is 0 Å². The molecule has 0 bridgehead atoms. The maximum atomic E-state index is 13.5. The van der Waals surface area contributed by atoms with Gasteiger partial charge in [-0.2, -0.15) is 4.31 Å². The van der Waals surface area contributed by atoms with Crippen molar-refractivity contribution in [2.75, 3.05) is 25.0 Å². The van der Waals surface area contributed by atoms with Crippen LogP contribution in [0.2, 0.25) is 0 Å². The molecular formula is C25H34N3O6S-. The number of aliphatic hydroxyl groups excluding tert-OH is 1. The minimum Gasteiger partial charge on any atom is -0.530 e. The van der Waals surface area contributed by atoms with Crippen molar-refractivity contribution in [1.82, 2.24) is 9.21 Å². The fourth-order valence-corrected chi connectivity index (χ4v) is 5.50. The molecule has 0 fully saturated rings. The summed E-state index contributed by atoms with van der Waals surface area (Å²) in [5, 5.41) is 25.6. The zero-order valence-corrected chi connectivity index (χ0v) is 21.4. The monoisotopic (exact) mass is 504 g/mol. The standard InChI is InChI=1S/C25H35N3O6S/c1-5-28(25(31)32)23(15-20-9-7-6-8-10-20)24(30)17-27(16-18(2)3)35(33,34)22-13-11-21(12-14-22)26-19(4)29/h6-14,18,23-24,30H,5,15-17H2,1-4H3,(H,26,29)(H,31,32)/p-1/t23-,24+/m0/s1.